The topological polar surface area (TPSA) is 9.49 Å². The maximum atomic E-state index is 2.33. The summed E-state index contributed by atoms with van der Waals surface area (Å²) in [7, 11) is 0. The number of para-hydroxylation sites is 6. The Kier molecular flexibility index (Phi) is 9.05. The summed E-state index contributed by atoms with van der Waals surface area (Å²) in [6, 6.07) is 63.4. The van der Waals surface area contributed by atoms with E-state index in [2.05, 4.69) is 196 Å². The van der Waals surface area contributed by atoms with Crippen LogP contribution in [0.3, 0.4) is 0 Å². The maximum Gasteiger partial charge on any atom is 0.380 e. The van der Waals surface area contributed by atoms with Gasteiger partial charge in [0.25, 0.3) is 0 Å². The number of hydrogen-bond donors (Lipinski definition) is 0. The molecule has 4 heteroatoms. The van der Waals surface area contributed by atoms with Crippen LogP contribution in [0, 0.1) is 0 Å². The first-order chi connectivity index (χ1) is 19.9. The molecule has 0 unspecified atom stereocenters. The molecule has 0 aromatic heterocycles. The zero-order valence-electron chi connectivity index (χ0n) is 22.5. The molecule has 41 heavy (non-hydrogen) atoms. The lowest BCUT2D eigenvalue weighted by Gasteiger charge is -2.30. The van der Waals surface area contributed by atoms with Gasteiger partial charge in [0.2, 0.25) is 0 Å². The maximum absolute atomic E-state index is 2.33. The Labute approximate surface area is 252 Å². The van der Waals surface area contributed by atoms with Gasteiger partial charge in [-0.1, -0.05) is 109 Å². The Morgan fingerprint density at radius 2 is 0.537 bits per heavy atom. The van der Waals surface area contributed by atoms with Crippen molar-refractivity contribution in [3.8, 4) is 0 Å². The SMILES string of the molecule is [Br-].c1ccc(N(C(N(c2ccccc2)c2ccccc2)=[N+](c2ccccc2)c2ccccc2)c2ccccc2)cc1. The lowest BCUT2D eigenvalue weighted by molar-refractivity contribution is -0.00000773. The zero-order valence-corrected chi connectivity index (χ0v) is 24.1. The fourth-order valence-electron chi connectivity index (χ4n) is 4.90. The molecular weight excluding hydrogens is 566 g/mol. The second kappa shape index (κ2) is 13.4. The first kappa shape index (κ1) is 27.6. The van der Waals surface area contributed by atoms with E-state index in [9.17, 15) is 0 Å². The van der Waals surface area contributed by atoms with Crippen LogP contribution in [-0.2, 0) is 0 Å². The van der Waals surface area contributed by atoms with Crippen LogP contribution in [0.1, 0.15) is 0 Å². The summed E-state index contributed by atoms with van der Waals surface area (Å²) in [4.78, 5) is 4.67. The number of rotatable bonds is 6. The third-order valence-electron chi connectivity index (χ3n) is 6.69. The van der Waals surface area contributed by atoms with E-state index in [-0.39, 0.29) is 17.0 Å². The molecule has 0 bridgehead atoms. The molecule has 3 nitrogen and oxygen atoms in total. The van der Waals surface area contributed by atoms with Crippen LogP contribution in [0.5, 0.6) is 0 Å². The molecule has 0 amide bonds. The van der Waals surface area contributed by atoms with Crippen molar-refractivity contribution < 1.29 is 17.0 Å². The van der Waals surface area contributed by atoms with Crippen LogP contribution in [0.2, 0.25) is 0 Å². The zero-order chi connectivity index (χ0) is 27.0. The number of nitrogens with zero attached hydrogens (tertiary/aromatic N) is 3. The smallest absolute Gasteiger partial charge is 0.380 e. The summed E-state index contributed by atoms with van der Waals surface area (Å²) >= 11 is 0. The van der Waals surface area contributed by atoms with Crippen molar-refractivity contribution in [3.63, 3.8) is 0 Å². The van der Waals surface area contributed by atoms with E-state index in [1.807, 2.05) is 0 Å². The van der Waals surface area contributed by atoms with Gasteiger partial charge in [0, 0.05) is 0 Å². The van der Waals surface area contributed by atoms with Crippen LogP contribution >= 0.6 is 0 Å². The Balaban J connectivity index is 0.00000337. The summed E-state index contributed by atoms with van der Waals surface area (Å²) in [6.45, 7) is 0. The molecule has 0 spiro atoms. The van der Waals surface area contributed by atoms with Gasteiger partial charge in [0.15, 0.2) is 0 Å². The van der Waals surface area contributed by atoms with Crippen molar-refractivity contribution >= 4 is 40.1 Å². The van der Waals surface area contributed by atoms with Crippen molar-refractivity contribution in [1.82, 2.24) is 4.58 Å². The molecule has 0 N–H and O–H groups in total. The third kappa shape index (κ3) is 6.13. The highest BCUT2D eigenvalue weighted by Gasteiger charge is 2.36. The number of halogens is 1. The van der Waals surface area contributed by atoms with Crippen LogP contribution in [0.25, 0.3) is 0 Å². The number of hydrogen-bond acceptors (Lipinski definition) is 0. The third-order valence-corrected chi connectivity index (χ3v) is 6.69. The summed E-state index contributed by atoms with van der Waals surface area (Å²) in [5.41, 5.74) is 6.32. The van der Waals surface area contributed by atoms with E-state index >= 15 is 0 Å². The van der Waals surface area contributed by atoms with Crippen molar-refractivity contribution in [2.24, 2.45) is 0 Å². The molecule has 0 atom stereocenters. The quantitative estimate of drug-likeness (QED) is 0.123. The Bertz CT molecular complexity index is 1450. The molecule has 0 saturated carbocycles. The first-order valence-corrected chi connectivity index (χ1v) is 13.5. The molecule has 0 saturated heterocycles. The molecule has 0 fully saturated rings. The molecule has 0 radical (unpaired) electrons. The van der Waals surface area contributed by atoms with E-state index in [1.54, 1.807) is 0 Å². The lowest BCUT2D eigenvalue weighted by atomic mass is 10.2. The highest BCUT2D eigenvalue weighted by molar-refractivity contribution is 6.17. The van der Waals surface area contributed by atoms with Crippen LogP contribution in [0.15, 0.2) is 182 Å². The molecule has 0 aliphatic rings. The predicted octanol–water partition coefficient (Wildman–Crippen LogP) is 6.56. The Morgan fingerprint density at radius 3 is 0.780 bits per heavy atom. The average molecular weight is 597 g/mol. The van der Waals surface area contributed by atoms with Crippen LogP contribution in [0.4, 0.5) is 34.1 Å². The molecule has 0 aliphatic carbocycles. The number of benzene rings is 6. The van der Waals surface area contributed by atoms with Gasteiger partial charge in [-0.05, 0) is 72.8 Å². The van der Waals surface area contributed by atoms with Gasteiger partial charge in [-0.2, -0.15) is 14.4 Å². The fourth-order valence-corrected chi connectivity index (χ4v) is 4.90. The minimum absolute atomic E-state index is 0. The Morgan fingerprint density at radius 1 is 0.317 bits per heavy atom. The van der Waals surface area contributed by atoms with Gasteiger partial charge < -0.3 is 17.0 Å². The van der Waals surface area contributed by atoms with Crippen molar-refractivity contribution in [1.29, 1.82) is 0 Å². The summed E-state index contributed by atoms with van der Waals surface area (Å²) in [5.74, 6) is 0.951. The van der Waals surface area contributed by atoms with Gasteiger partial charge in [0.1, 0.15) is 34.1 Å². The fraction of sp³-hybridized carbons (Fsp3) is 0. The Hall–Kier alpha value is -4.93. The van der Waals surface area contributed by atoms with E-state index in [1.165, 1.54) is 0 Å². The average Bonchev–Trinajstić information content (AvgIpc) is 3.04. The van der Waals surface area contributed by atoms with Gasteiger partial charge in [-0.3, -0.25) is 0 Å². The number of anilines is 4. The monoisotopic (exact) mass is 595 g/mol. The van der Waals surface area contributed by atoms with Gasteiger partial charge in [0.05, 0.1) is 0 Å². The van der Waals surface area contributed by atoms with E-state index in [0.29, 0.717) is 0 Å². The van der Waals surface area contributed by atoms with Crippen molar-refractivity contribution in [2.75, 3.05) is 9.80 Å². The van der Waals surface area contributed by atoms with Gasteiger partial charge in [-0.25, -0.2) is 0 Å². The van der Waals surface area contributed by atoms with E-state index < -0.39 is 0 Å². The number of guanidine groups is 1. The van der Waals surface area contributed by atoms with Crippen LogP contribution < -0.4 is 31.4 Å². The normalized spacial score (nSPS) is 10.2. The van der Waals surface area contributed by atoms with Crippen LogP contribution in [-0.4, -0.2) is 5.96 Å². The highest BCUT2D eigenvalue weighted by atomic mass is 79.9. The standard InChI is InChI=1S/C37H30N3.BrH/c1-7-19-31(20-8-1)38(32-21-9-2-10-22-32)37(39(33-23-11-3-12-24-33)34-25-13-4-14-26-34)40(35-27-15-5-16-28-35)36-29-17-6-18-30-36;/h1-30H;1H/q+1;/p-1. The molecule has 6 aromatic carbocycles. The highest BCUT2D eigenvalue weighted by Crippen LogP contribution is 2.35. The molecule has 200 valence electrons. The molecule has 0 aliphatic heterocycles. The lowest BCUT2D eigenvalue weighted by Crippen LogP contribution is -3.00. The minimum Gasteiger partial charge on any atom is -1.00 e. The van der Waals surface area contributed by atoms with Crippen molar-refractivity contribution in [3.05, 3.63) is 182 Å². The van der Waals surface area contributed by atoms with Gasteiger partial charge in [-0.15, -0.1) is 0 Å². The molecular formula is C37H30BrN3. The van der Waals surface area contributed by atoms with E-state index in [0.717, 1.165) is 40.1 Å². The summed E-state index contributed by atoms with van der Waals surface area (Å²) in [6.07, 6.45) is 0. The van der Waals surface area contributed by atoms with Crippen molar-refractivity contribution in [2.45, 2.75) is 0 Å². The molecule has 6 aromatic rings. The van der Waals surface area contributed by atoms with Gasteiger partial charge >= 0.3 is 5.96 Å². The predicted molar refractivity (Wildman–Crippen MR) is 169 cm³/mol. The molecule has 6 rings (SSSR count). The second-order valence-electron chi connectivity index (χ2n) is 9.32. The van der Waals surface area contributed by atoms with E-state index in [4.69, 9.17) is 0 Å². The largest absolute Gasteiger partial charge is 1.00 e. The summed E-state index contributed by atoms with van der Waals surface area (Å²) in [5, 5.41) is 0. The summed E-state index contributed by atoms with van der Waals surface area (Å²) < 4.78 is 2.33. The minimum atomic E-state index is 0. The first-order valence-electron chi connectivity index (χ1n) is 13.5. The second-order valence-corrected chi connectivity index (χ2v) is 9.32. The molecule has 0 heterocycles.